The highest BCUT2D eigenvalue weighted by Crippen LogP contribution is 2.36. The Labute approximate surface area is 261 Å². The molecule has 0 N–H and O–H groups in total. The number of piperazine rings is 1. The molecule has 1 unspecified atom stereocenters. The van der Waals surface area contributed by atoms with E-state index in [4.69, 9.17) is 21.3 Å². The molecule has 1 saturated carbocycles. The summed E-state index contributed by atoms with van der Waals surface area (Å²) < 4.78 is 6.41. The lowest BCUT2D eigenvalue weighted by atomic mass is 9.81. The minimum absolute atomic E-state index is 0.121. The molecule has 1 aromatic heterocycles. The molecule has 6 rings (SSSR count). The van der Waals surface area contributed by atoms with Crippen molar-refractivity contribution in [2.24, 2.45) is 11.8 Å². The van der Waals surface area contributed by atoms with Crippen LogP contribution in [0.2, 0.25) is 0 Å². The molecule has 1 amide bonds. The fraction of sp³-hybridized carbons (Fsp3) is 0.500. The van der Waals surface area contributed by atoms with Gasteiger partial charge in [0.2, 0.25) is 12.5 Å². The third-order valence-corrected chi connectivity index (χ3v) is 9.93. The van der Waals surface area contributed by atoms with Crippen LogP contribution in [-0.2, 0) is 17.8 Å². The van der Waals surface area contributed by atoms with Gasteiger partial charge in [-0.25, -0.2) is 6.57 Å². The van der Waals surface area contributed by atoms with Crippen molar-refractivity contribution in [1.82, 2.24) is 14.9 Å². The maximum absolute atomic E-state index is 12.6. The molecule has 8 nitrogen and oxygen atoms in total. The monoisotopic (exact) mass is 592 g/mol. The smallest absolute Gasteiger partial charge is 0.318 e. The molecule has 0 spiro atoms. The second-order valence-electron chi connectivity index (χ2n) is 12.7. The van der Waals surface area contributed by atoms with E-state index in [-0.39, 0.29) is 18.5 Å². The van der Waals surface area contributed by atoms with Gasteiger partial charge >= 0.3 is 6.01 Å². The molecule has 230 valence electrons. The molecule has 2 aliphatic heterocycles. The number of anilines is 2. The van der Waals surface area contributed by atoms with Gasteiger partial charge in [-0.15, -0.1) is 0 Å². The van der Waals surface area contributed by atoms with Gasteiger partial charge in [0.05, 0.1) is 18.8 Å². The summed E-state index contributed by atoms with van der Waals surface area (Å²) >= 11 is 0. The number of hydrogen-bond acceptors (Lipinski definition) is 6. The first-order valence-electron chi connectivity index (χ1n) is 16.2. The third-order valence-electron chi connectivity index (χ3n) is 9.93. The minimum Gasteiger partial charge on any atom is -0.463 e. The molecule has 8 heteroatoms. The molecule has 2 atom stereocenters. The normalized spacial score (nSPS) is 19.8. The summed E-state index contributed by atoms with van der Waals surface area (Å²) in [5.41, 5.74) is 4.65. The Hall–Kier alpha value is -4.12. The summed E-state index contributed by atoms with van der Waals surface area (Å²) in [5, 5.41) is 2.53. The first kappa shape index (κ1) is 29.9. The van der Waals surface area contributed by atoms with E-state index in [1.807, 2.05) is 0 Å². The number of hydrogen-bond donors (Lipinski definition) is 0. The highest BCUT2D eigenvalue weighted by Gasteiger charge is 2.35. The van der Waals surface area contributed by atoms with E-state index in [0.717, 1.165) is 30.0 Å². The van der Waals surface area contributed by atoms with Crippen LogP contribution in [0.1, 0.15) is 55.8 Å². The minimum atomic E-state index is -0.216. The van der Waals surface area contributed by atoms with Crippen LogP contribution in [0, 0.1) is 25.3 Å². The molecular formula is C36H44N6O2. The maximum atomic E-state index is 12.6. The van der Waals surface area contributed by atoms with Crippen molar-refractivity contribution >= 4 is 28.2 Å². The highest BCUT2D eigenvalue weighted by molar-refractivity contribution is 5.97. The van der Waals surface area contributed by atoms with Crippen LogP contribution in [0.5, 0.6) is 6.01 Å². The predicted molar refractivity (Wildman–Crippen MR) is 176 cm³/mol. The number of rotatable bonds is 8. The Morgan fingerprint density at radius 3 is 2.68 bits per heavy atom. The van der Waals surface area contributed by atoms with Gasteiger partial charge in [-0.3, -0.25) is 4.79 Å². The number of carbonyl (C=O) groups is 1. The predicted octanol–water partition coefficient (Wildman–Crippen LogP) is 6.22. The van der Waals surface area contributed by atoms with Crippen molar-refractivity contribution in [3.63, 3.8) is 0 Å². The zero-order valence-electron chi connectivity index (χ0n) is 26.2. The number of carbonyl (C=O) groups excluding carboxylic acids is 1. The molecule has 0 radical (unpaired) electrons. The number of aromatic nitrogens is 2. The molecule has 3 aromatic rings. The van der Waals surface area contributed by atoms with Crippen LogP contribution in [0.4, 0.5) is 11.5 Å². The van der Waals surface area contributed by atoms with Crippen molar-refractivity contribution in [3.8, 4) is 6.01 Å². The summed E-state index contributed by atoms with van der Waals surface area (Å²) in [5.74, 6) is 1.91. The topological polar surface area (TPSA) is 66.2 Å². The molecule has 0 bridgehead atoms. The van der Waals surface area contributed by atoms with Crippen LogP contribution >= 0.6 is 0 Å². The van der Waals surface area contributed by atoms with Gasteiger partial charge in [-0.1, -0.05) is 75.9 Å². The Balaban J connectivity index is 1.32. The van der Waals surface area contributed by atoms with Crippen molar-refractivity contribution in [2.75, 3.05) is 49.1 Å². The third kappa shape index (κ3) is 6.10. The largest absolute Gasteiger partial charge is 0.463 e. The first-order chi connectivity index (χ1) is 21.5. The number of aryl methyl sites for hydroxylation is 1. The van der Waals surface area contributed by atoms with E-state index in [9.17, 15) is 4.79 Å². The van der Waals surface area contributed by atoms with E-state index in [2.05, 4.69) is 71.5 Å². The fourth-order valence-electron chi connectivity index (χ4n) is 7.45. The lowest BCUT2D eigenvalue weighted by molar-refractivity contribution is -0.128. The van der Waals surface area contributed by atoms with Crippen molar-refractivity contribution < 1.29 is 9.53 Å². The van der Waals surface area contributed by atoms with Gasteiger partial charge < -0.3 is 24.3 Å². The SMILES string of the molecule is [C-]#[N+]C[C@H]1CN(c2nc(OCC(C)C3CCCCC3)nc3c2CCN(c2cccc4cccc(C)c24)C3)CCN1C(=O)C=C. The molecule has 3 heterocycles. The Morgan fingerprint density at radius 2 is 1.91 bits per heavy atom. The maximum Gasteiger partial charge on any atom is 0.318 e. The number of nitrogens with zero attached hydrogens (tertiary/aromatic N) is 6. The van der Waals surface area contributed by atoms with E-state index in [1.165, 1.54) is 60.2 Å². The van der Waals surface area contributed by atoms with E-state index < -0.39 is 0 Å². The van der Waals surface area contributed by atoms with Gasteiger partial charge in [0.25, 0.3) is 0 Å². The van der Waals surface area contributed by atoms with Gasteiger partial charge in [0.1, 0.15) is 11.9 Å². The van der Waals surface area contributed by atoms with Crippen molar-refractivity contribution in [3.05, 3.63) is 77.3 Å². The number of fused-ring (bicyclic) bond motifs is 2. The Kier molecular flexibility index (Phi) is 9.02. The van der Waals surface area contributed by atoms with Crippen LogP contribution in [0.25, 0.3) is 15.6 Å². The average molecular weight is 593 g/mol. The van der Waals surface area contributed by atoms with Crippen LogP contribution in [0.3, 0.4) is 0 Å². The van der Waals surface area contributed by atoms with E-state index in [1.54, 1.807) is 4.90 Å². The second-order valence-corrected chi connectivity index (χ2v) is 12.7. The zero-order valence-corrected chi connectivity index (χ0v) is 26.2. The highest BCUT2D eigenvalue weighted by atomic mass is 16.5. The van der Waals surface area contributed by atoms with Crippen molar-refractivity contribution in [1.29, 1.82) is 0 Å². The van der Waals surface area contributed by atoms with Gasteiger partial charge in [-0.05, 0) is 48.3 Å². The number of amides is 1. The first-order valence-corrected chi connectivity index (χ1v) is 16.2. The van der Waals surface area contributed by atoms with E-state index in [0.29, 0.717) is 50.6 Å². The number of benzene rings is 2. The van der Waals surface area contributed by atoms with Gasteiger partial charge in [0.15, 0.2) is 0 Å². The lowest BCUT2D eigenvalue weighted by Gasteiger charge is -2.41. The van der Waals surface area contributed by atoms with Crippen LogP contribution in [0.15, 0.2) is 49.1 Å². The molecule has 1 saturated heterocycles. The van der Waals surface area contributed by atoms with Gasteiger partial charge in [0, 0.05) is 42.8 Å². The van der Waals surface area contributed by atoms with Crippen LogP contribution in [-0.4, -0.2) is 66.1 Å². The van der Waals surface area contributed by atoms with E-state index >= 15 is 0 Å². The summed E-state index contributed by atoms with van der Waals surface area (Å²) in [4.78, 5) is 32.8. The lowest BCUT2D eigenvalue weighted by Crippen LogP contribution is -2.56. The van der Waals surface area contributed by atoms with Gasteiger partial charge in [-0.2, -0.15) is 9.97 Å². The average Bonchev–Trinajstić information content (AvgIpc) is 3.06. The molecule has 44 heavy (non-hydrogen) atoms. The summed E-state index contributed by atoms with van der Waals surface area (Å²) in [6.07, 6.45) is 8.67. The Bertz CT molecular complexity index is 1550. The Morgan fingerprint density at radius 1 is 1.11 bits per heavy atom. The molecule has 2 aromatic carbocycles. The van der Waals surface area contributed by atoms with Crippen molar-refractivity contribution in [2.45, 2.75) is 65.0 Å². The van der Waals surface area contributed by atoms with Crippen LogP contribution < -0.4 is 14.5 Å². The number of ether oxygens (including phenoxy) is 1. The zero-order chi connectivity index (χ0) is 30.6. The fourth-order valence-corrected chi connectivity index (χ4v) is 7.45. The summed E-state index contributed by atoms with van der Waals surface area (Å²) in [6, 6.07) is 13.2. The second kappa shape index (κ2) is 13.3. The standard InChI is InChI=1S/C36H44N6O2/c1-5-33(43)42-20-19-41(22-29(42)21-37-4)35-30-17-18-40(32-16-10-15-28-14-9-11-25(2)34(28)32)23-31(30)38-36(39-35)44-24-26(3)27-12-7-6-8-13-27/h5,9-11,14-16,26-27,29H,1,6-8,12-13,17-24H2,2-3H3/t26?,29-/m0/s1. The molecule has 1 aliphatic carbocycles. The summed E-state index contributed by atoms with van der Waals surface area (Å²) in [7, 11) is 0. The molecular weight excluding hydrogens is 548 g/mol. The summed E-state index contributed by atoms with van der Waals surface area (Å²) in [6.45, 7) is 19.8. The molecule has 3 aliphatic rings. The molecule has 2 fully saturated rings. The quantitative estimate of drug-likeness (QED) is 0.229.